The maximum Gasteiger partial charge on any atom is 0.472 e. The van der Waals surface area contributed by atoms with Crippen molar-refractivity contribution in [1.82, 2.24) is 0 Å². The second-order valence-corrected chi connectivity index (χ2v) is 20.3. The average Bonchev–Trinajstić information content (AvgIpc) is 3.27. The molecule has 0 radical (unpaired) electrons. The molecule has 0 heterocycles. The van der Waals surface area contributed by atoms with Gasteiger partial charge in [0.25, 0.3) is 0 Å². The van der Waals surface area contributed by atoms with E-state index in [9.17, 15) is 28.7 Å². The van der Waals surface area contributed by atoms with E-state index in [0.717, 1.165) is 70.1 Å². The molecule has 0 aromatic heterocycles. The van der Waals surface area contributed by atoms with Crippen LogP contribution in [0.25, 0.3) is 0 Å². The van der Waals surface area contributed by atoms with Crippen LogP contribution < -0.4 is 0 Å². The van der Waals surface area contributed by atoms with Crippen molar-refractivity contribution in [2.45, 2.75) is 219 Å². The summed E-state index contributed by atoms with van der Waals surface area (Å²) in [7, 11) is -9.70. The summed E-state index contributed by atoms with van der Waals surface area (Å²) in [6, 6.07) is 0. The average molecular weight is 979 g/mol. The third-order valence-corrected chi connectivity index (χ3v) is 12.1. The van der Waals surface area contributed by atoms with Crippen molar-refractivity contribution in [2.75, 3.05) is 33.0 Å². The van der Waals surface area contributed by atoms with Crippen LogP contribution in [-0.2, 0) is 41.8 Å². The Morgan fingerprint density at radius 1 is 0.485 bits per heavy atom. The number of phosphoric ester groups is 2. The number of unbranched alkanes of at least 4 members (excludes halogenated alkanes) is 21. The molecule has 386 valence electrons. The third-order valence-electron chi connectivity index (χ3n) is 10.7. The highest BCUT2D eigenvalue weighted by atomic mass is 31.2. The van der Waals surface area contributed by atoms with Gasteiger partial charge in [-0.2, -0.15) is 0 Å². The number of carbonyl (C=O) groups is 2. The topological polar surface area (TPSA) is 216 Å². The lowest BCUT2D eigenvalue weighted by Crippen LogP contribution is -2.30. The summed E-state index contributed by atoms with van der Waals surface area (Å²) in [6.07, 6.45) is 45.5. The molecule has 0 amide bonds. The number of carbonyl (C=O) groups excluding carboxylic acids is 2. The van der Waals surface area contributed by atoms with Gasteiger partial charge in [-0.15, -0.1) is 0 Å². The van der Waals surface area contributed by atoms with Gasteiger partial charge in [0.2, 0.25) is 0 Å². The molecular weight excluding hydrogens is 886 g/mol. The van der Waals surface area contributed by atoms with Crippen LogP contribution in [0.4, 0.5) is 0 Å². The molecule has 1 unspecified atom stereocenters. The zero-order valence-electron chi connectivity index (χ0n) is 40.9. The first-order valence-electron chi connectivity index (χ1n) is 25.3. The molecule has 3 atom stereocenters. The molecule has 14 nitrogen and oxygen atoms in total. The molecule has 0 aromatic rings. The summed E-state index contributed by atoms with van der Waals surface area (Å²) in [5.41, 5.74) is 0. The van der Waals surface area contributed by atoms with E-state index in [1.807, 2.05) is 12.2 Å². The lowest BCUT2D eigenvalue weighted by Gasteiger charge is -2.20. The summed E-state index contributed by atoms with van der Waals surface area (Å²) in [6.45, 7) is 2.08. The molecule has 0 aromatic carbocycles. The van der Waals surface area contributed by atoms with Gasteiger partial charge in [-0.3, -0.25) is 23.2 Å². The zero-order valence-corrected chi connectivity index (χ0v) is 42.7. The first kappa shape index (κ1) is 64.0. The van der Waals surface area contributed by atoms with Crippen LogP contribution in [0, 0.1) is 5.92 Å². The molecule has 0 aliphatic heterocycles. The fraction of sp³-hybridized carbons (Fsp3) is 0.800. The molecule has 0 spiro atoms. The van der Waals surface area contributed by atoms with Crippen LogP contribution >= 0.6 is 15.6 Å². The second-order valence-electron chi connectivity index (χ2n) is 17.6. The number of hydrogen-bond donors (Lipinski definition) is 5. The van der Waals surface area contributed by atoms with Gasteiger partial charge in [0.15, 0.2) is 6.10 Å². The monoisotopic (exact) mass is 979 g/mol. The molecule has 0 bridgehead atoms. The smallest absolute Gasteiger partial charge is 0.462 e. The van der Waals surface area contributed by atoms with Crippen LogP contribution in [0.5, 0.6) is 0 Å². The summed E-state index contributed by atoms with van der Waals surface area (Å²) in [5, 5.41) is 18.6. The van der Waals surface area contributed by atoms with Crippen molar-refractivity contribution < 1.29 is 66.7 Å². The van der Waals surface area contributed by atoms with E-state index in [-0.39, 0.29) is 19.4 Å². The highest BCUT2D eigenvalue weighted by Crippen LogP contribution is 2.44. The first-order chi connectivity index (χ1) is 31.7. The van der Waals surface area contributed by atoms with E-state index < -0.39 is 66.2 Å². The van der Waals surface area contributed by atoms with Gasteiger partial charge in [0, 0.05) is 19.4 Å². The highest BCUT2D eigenvalue weighted by Gasteiger charge is 2.28. The van der Waals surface area contributed by atoms with Crippen LogP contribution in [-0.4, -0.2) is 82.1 Å². The number of hydrogen-bond acceptors (Lipinski definition) is 11. The summed E-state index contributed by atoms with van der Waals surface area (Å²) in [5.74, 6) is -0.276. The van der Waals surface area contributed by atoms with Crippen LogP contribution in [0.3, 0.4) is 0 Å². The quantitative estimate of drug-likeness (QED) is 0.0166. The number of ether oxygens (including phenoxy) is 2. The third kappa shape index (κ3) is 49.9. The largest absolute Gasteiger partial charge is 0.472 e. The van der Waals surface area contributed by atoms with Crippen molar-refractivity contribution >= 4 is 27.6 Å². The predicted octanol–water partition coefficient (Wildman–Crippen LogP) is 12.6. The van der Waals surface area contributed by atoms with Crippen molar-refractivity contribution in [3.8, 4) is 0 Å². The van der Waals surface area contributed by atoms with Gasteiger partial charge in [0.1, 0.15) is 12.7 Å². The number of phosphoric acid groups is 2. The fourth-order valence-corrected chi connectivity index (χ4v) is 8.02. The Balaban J connectivity index is 4.46. The normalized spacial score (nSPS) is 14.3. The predicted molar refractivity (Wildman–Crippen MR) is 264 cm³/mol. The minimum atomic E-state index is -4.87. The van der Waals surface area contributed by atoms with Gasteiger partial charge in [0.05, 0.1) is 19.8 Å². The molecule has 0 saturated heterocycles. The van der Waals surface area contributed by atoms with Crippen LogP contribution in [0.2, 0.25) is 0 Å². The molecule has 0 fully saturated rings. The summed E-state index contributed by atoms with van der Waals surface area (Å²) < 4.78 is 47.9. The lowest BCUT2D eigenvalue weighted by molar-refractivity contribution is -0.161. The number of aliphatic hydroxyl groups excluding tert-OH is 2. The van der Waals surface area contributed by atoms with Gasteiger partial charge < -0.3 is 34.4 Å². The highest BCUT2D eigenvalue weighted by molar-refractivity contribution is 7.47. The van der Waals surface area contributed by atoms with Gasteiger partial charge in [-0.25, -0.2) is 9.13 Å². The first-order valence-corrected chi connectivity index (χ1v) is 28.3. The second kappa shape index (κ2) is 45.5. The van der Waals surface area contributed by atoms with Crippen molar-refractivity contribution in [3.63, 3.8) is 0 Å². The number of allylic oxidation sites excluding steroid dienone is 8. The van der Waals surface area contributed by atoms with Crippen LogP contribution in [0.15, 0.2) is 48.6 Å². The van der Waals surface area contributed by atoms with E-state index >= 15 is 0 Å². The number of aliphatic hydroxyl groups is 2. The van der Waals surface area contributed by atoms with E-state index in [0.29, 0.717) is 19.3 Å². The number of rotatable bonds is 48. The fourth-order valence-electron chi connectivity index (χ4n) is 6.86. The van der Waals surface area contributed by atoms with Crippen molar-refractivity contribution in [1.29, 1.82) is 0 Å². The maximum absolute atomic E-state index is 12.7. The Bertz CT molecular complexity index is 1360. The minimum absolute atomic E-state index is 0.110. The molecular formula is C50H92O14P2. The Hall–Kier alpha value is -1.96. The molecule has 16 heteroatoms. The molecule has 0 aliphatic rings. The summed E-state index contributed by atoms with van der Waals surface area (Å²) in [4.78, 5) is 52.9. The van der Waals surface area contributed by atoms with E-state index in [1.165, 1.54) is 96.3 Å². The van der Waals surface area contributed by atoms with Gasteiger partial charge in [-0.1, -0.05) is 184 Å². The maximum atomic E-state index is 12.7. The molecule has 66 heavy (non-hydrogen) atoms. The van der Waals surface area contributed by atoms with E-state index in [1.54, 1.807) is 0 Å². The Morgan fingerprint density at radius 2 is 0.894 bits per heavy atom. The number of esters is 2. The standard InChI is InChI=1S/C50H92O14P2/c1-46(2)38-34-30-26-22-18-14-10-6-3-4-7-12-16-20-24-28-32-36-40-50(54)64-48(45-63-66(58,59)62-43-47(52)42-61-65(55,56)57)44-60-49(53)39-35-31-27-23-19-15-11-8-5-9-13-17-21-25-29-33-37-41-51/h5,9,11,15,17,21,23,27,46-48,51-52H,3-4,6-8,10,12-14,16,18-20,22,24-26,28-45H2,1-2H3,(H,58,59)(H2,55,56,57)/b9-5-,15-11-,21-17-,27-23-/t47-,48+/m0/s1. The Kier molecular flexibility index (Phi) is 44.1. The Morgan fingerprint density at radius 3 is 1.38 bits per heavy atom. The lowest BCUT2D eigenvalue weighted by atomic mass is 10.0. The molecule has 0 aliphatic carbocycles. The molecule has 0 saturated carbocycles. The van der Waals surface area contributed by atoms with E-state index in [2.05, 4.69) is 54.8 Å². The van der Waals surface area contributed by atoms with Crippen molar-refractivity contribution in [3.05, 3.63) is 48.6 Å². The molecule has 5 N–H and O–H groups in total. The minimum Gasteiger partial charge on any atom is -0.462 e. The van der Waals surface area contributed by atoms with Gasteiger partial charge >= 0.3 is 27.6 Å². The molecule has 0 rings (SSSR count). The zero-order chi connectivity index (χ0) is 48.8. The Labute approximate surface area is 399 Å². The SMILES string of the molecule is CC(C)CCCCCCCCCCCCCCCCCCCCC(=O)O[C@H](COC(=O)CCC/C=C\C/C=C\C/C=C\C/C=C\CCCCCO)COP(=O)(O)OC[C@@H](O)COP(=O)(O)O. The summed E-state index contributed by atoms with van der Waals surface area (Å²) >= 11 is 0. The van der Waals surface area contributed by atoms with Crippen LogP contribution in [0.1, 0.15) is 206 Å². The van der Waals surface area contributed by atoms with Gasteiger partial charge in [-0.05, 0) is 63.7 Å². The van der Waals surface area contributed by atoms with E-state index in [4.69, 9.17) is 33.4 Å². The van der Waals surface area contributed by atoms with Crippen molar-refractivity contribution in [2.24, 2.45) is 5.92 Å².